The Morgan fingerprint density at radius 3 is 2.81 bits per heavy atom. The van der Waals surface area contributed by atoms with Crippen molar-refractivity contribution in [2.24, 2.45) is 11.7 Å². The summed E-state index contributed by atoms with van der Waals surface area (Å²) in [6.07, 6.45) is 0. The molecule has 0 saturated heterocycles. The van der Waals surface area contributed by atoms with Crippen molar-refractivity contribution in [2.45, 2.75) is 13.8 Å². The Balaban J connectivity index is 2.89. The van der Waals surface area contributed by atoms with Gasteiger partial charge in [-0.05, 0) is 18.1 Å². The monoisotopic (exact) mass is 221 g/mol. The van der Waals surface area contributed by atoms with Gasteiger partial charge in [0.05, 0.1) is 18.7 Å². The summed E-state index contributed by atoms with van der Waals surface area (Å²) in [4.78, 5) is 0. The lowest BCUT2D eigenvalue weighted by molar-refractivity contribution is 0.269. The van der Waals surface area contributed by atoms with E-state index in [9.17, 15) is 4.39 Å². The molecule has 1 aromatic rings. The van der Waals surface area contributed by atoms with Crippen LogP contribution in [0.1, 0.15) is 19.4 Å². The SMILES string of the molecule is CC(C)COc1cc(F)ccc1C#CCN. The molecule has 0 spiro atoms. The molecule has 0 radical (unpaired) electrons. The topological polar surface area (TPSA) is 35.2 Å². The van der Waals surface area contributed by atoms with Crippen LogP contribution in [0.5, 0.6) is 5.75 Å². The van der Waals surface area contributed by atoms with Gasteiger partial charge in [-0.1, -0.05) is 25.7 Å². The van der Waals surface area contributed by atoms with Crippen LogP contribution >= 0.6 is 0 Å². The van der Waals surface area contributed by atoms with E-state index in [0.717, 1.165) is 0 Å². The molecule has 16 heavy (non-hydrogen) atoms. The van der Waals surface area contributed by atoms with Crippen LogP contribution in [0.2, 0.25) is 0 Å². The predicted octanol–water partition coefficient (Wildman–Crippen LogP) is 2.17. The lowest BCUT2D eigenvalue weighted by Crippen LogP contribution is -2.06. The fourth-order valence-corrected chi connectivity index (χ4v) is 1.12. The highest BCUT2D eigenvalue weighted by Gasteiger charge is 2.04. The van der Waals surface area contributed by atoms with Crippen LogP contribution in [0.3, 0.4) is 0 Å². The molecular weight excluding hydrogens is 205 g/mol. The van der Waals surface area contributed by atoms with Crippen molar-refractivity contribution >= 4 is 0 Å². The van der Waals surface area contributed by atoms with E-state index in [0.29, 0.717) is 23.8 Å². The van der Waals surface area contributed by atoms with E-state index in [2.05, 4.69) is 11.8 Å². The average molecular weight is 221 g/mol. The highest BCUT2D eigenvalue weighted by Crippen LogP contribution is 2.19. The van der Waals surface area contributed by atoms with Gasteiger partial charge in [-0.25, -0.2) is 4.39 Å². The average Bonchev–Trinajstić information content (AvgIpc) is 2.25. The summed E-state index contributed by atoms with van der Waals surface area (Å²) in [6, 6.07) is 4.32. The summed E-state index contributed by atoms with van der Waals surface area (Å²) in [6.45, 7) is 4.89. The second-order valence-corrected chi connectivity index (χ2v) is 3.85. The molecule has 2 N–H and O–H groups in total. The lowest BCUT2D eigenvalue weighted by Gasteiger charge is -2.10. The van der Waals surface area contributed by atoms with Gasteiger partial charge in [0.2, 0.25) is 0 Å². The first-order valence-electron chi connectivity index (χ1n) is 5.24. The minimum Gasteiger partial charge on any atom is -0.492 e. The highest BCUT2D eigenvalue weighted by atomic mass is 19.1. The van der Waals surface area contributed by atoms with E-state index in [4.69, 9.17) is 10.5 Å². The molecule has 0 aliphatic carbocycles. The number of halogens is 1. The normalized spacial score (nSPS) is 9.81. The van der Waals surface area contributed by atoms with Crippen molar-refractivity contribution in [1.29, 1.82) is 0 Å². The van der Waals surface area contributed by atoms with Gasteiger partial charge >= 0.3 is 0 Å². The smallest absolute Gasteiger partial charge is 0.137 e. The molecule has 3 heteroatoms. The zero-order chi connectivity index (χ0) is 12.0. The third-order valence-electron chi connectivity index (χ3n) is 1.84. The van der Waals surface area contributed by atoms with Crippen molar-refractivity contribution in [2.75, 3.05) is 13.2 Å². The fraction of sp³-hybridized carbons (Fsp3) is 0.385. The summed E-state index contributed by atoms with van der Waals surface area (Å²) in [5.41, 5.74) is 5.96. The summed E-state index contributed by atoms with van der Waals surface area (Å²) in [5, 5.41) is 0. The molecular formula is C13H16FNO. The Morgan fingerprint density at radius 2 is 2.19 bits per heavy atom. The molecule has 0 bridgehead atoms. The summed E-state index contributed by atoms with van der Waals surface area (Å²) < 4.78 is 18.5. The molecule has 0 amide bonds. The molecule has 0 aliphatic rings. The fourth-order valence-electron chi connectivity index (χ4n) is 1.12. The molecule has 0 heterocycles. The van der Waals surface area contributed by atoms with Crippen LogP contribution in [0.25, 0.3) is 0 Å². The molecule has 0 saturated carbocycles. The summed E-state index contributed by atoms with van der Waals surface area (Å²) >= 11 is 0. The molecule has 86 valence electrons. The van der Waals surface area contributed by atoms with E-state index < -0.39 is 0 Å². The number of benzene rings is 1. The van der Waals surface area contributed by atoms with Crippen molar-refractivity contribution in [1.82, 2.24) is 0 Å². The zero-order valence-electron chi connectivity index (χ0n) is 9.59. The maximum Gasteiger partial charge on any atom is 0.137 e. The van der Waals surface area contributed by atoms with Gasteiger partial charge in [-0.2, -0.15) is 0 Å². The van der Waals surface area contributed by atoms with Gasteiger partial charge in [0.25, 0.3) is 0 Å². The summed E-state index contributed by atoms with van der Waals surface area (Å²) in [7, 11) is 0. The maximum atomic E-state index is 13.0. The van der Waals surface area contributed by atoms with Crippen LogP contribution < -0.4 is 10.5 Å². The zero-order valence-corrected chi connectivity index (χ0v) is 9.59. The number of hydrogen-bond donors (Lipinski definition) is 1. The van der Waals surface area contributed by atoms with Crippen LogP contribution in [-0.2, 0) is 0 Å². The molecule has 2 nitrogen and oxygen atoms in total. The van der Waals surface area contributed by atoms with E-state index in [-0.39, 0.29) is 12.4 Å². The molecule has 0 aromatic heterocycles. The largest absolute Gasteiger partial charge is 0.492 e. The summed E-state index contributed by atoms with van der Waals surface area (Å²) in [5.74, 6) is 6.13. The highest BCUT2D eigenvalue weighted by molar-refractivity contribution is 5.46. The van der Waals surface area contributed by atoms with Crippen molar-refractivity contribution in [3.8, 4) is 17.6 Å². The minimum absolute atomic E-state index is 0.279. The van der Waals surface area contributed by atoms with E-state index in [1.807, 2.05) is 13.8 Å². The van der Waals surface area contributed by atoms with Gasteiger partial charge < -0.3 is 10.5 Å². The van der Waals surface area contributed by atoms with Gasteiger partial charge in [0.15, 0.2) is 0 Å². The third kappa shape index (κ3) is 3.92. The molecule has 0 unspecified atom stereocenters. The molecule has 1 aromatic carbocycles. The predicted molar refractivity (Wildman–Crippen MR) is 62.7 cm³/mol. The maximum absolute atomic E-state index is 13.0. The first-order chi connectivity index (χ1) is 7.63. The standard InChI is InChI=1S/C13H16FNO/c1-10(2)9-16-13-8-12(14)6-5-11(13)4-3-7-15/h5-6,8,10H,7,9,15H2,1-2H3. The second-order valence-electron chi connectivity index (χ2n) is 3.85. The van der Waals surface area contributed by atoms with Crippen molar-refractivity contribution in [3.63, 3.8) is 0 Å². The minimum atomic E-state index is -0.322. The van der Waals surface area contributed by atoms with E-state index in [1.165, 1.54) is 12.1 Å². The Morgan fingerprint density at radius 1 is 1.44 bits per heavy atom. The van der Waals surface area contributed by atoms with Crippen LogP contribution in [0.15, 0.2) is 18.2 Å². The van der Waals surface area contributed by atoms with Crippen molar-refractivity contribution in [3.05, 3.63) is 29.6 Å². The van der Waals surface area contributed by atoms with Gasteiger partial charge in [0, 0.05) is 6.07 Å². The number of hydrogen-bond acceptors (Lipinski definition) is 2. The number of ether oxygens (including phenoxy) is 1. The first-order valence-corrected chi connectivity index (χ1v) is 5.24. The second kappa shape index (κ2) is 6.14. The Kier molecular flexibility index (Phi) is 4.81. The van der Waals surface area contributed by atoms with Crippen molar-refractivity contribution < 1.29 is 9.13 Å². The van der Waals surface area contributed by atoms with Crippen LogP contribution in [-0.4, -0.2) is 13.2 Å². The Hall–Kier alpha value is -1.53. The van der Waals surface area contributed by atoms with Gasteiger partial charge in [-0.3, -0.25) is 0 Å². The van der Waals surface area contributed by atoms with Gasteiger partial charge in [0.1, 0.15) is 11.6 Å². The van der Waals surface area contributed by atoms with E-state index >= 15 is 0 Å². The molecule has 1 rings (SSSR count). The molecule has 0 fully saturated rings. The van der Waals surface area contributed by atoms with E-state index in [1.54, 1.807) is 6.07 Å². The van der Waals surface area contributed by atoms with Crippen LogP contribution in [0.4, 0.5) is 4.39 Å². The first kappa shape index (κ1) is 12.5. The number of nitrogens with two attached hydrogens (primary N) is 1. The van der Waals surface area contributed by atoms with Gasteiger partial charge in [-0.15, -0.1) is 0 Å². The van der Waals surface area contributed by atoms with Crippen LogP contribution in [0, 0.1) is 23.6 Å². The molecule has 0 aliphatic heterocycles. The quantitative estimate of drug-likeness (QED) is 0.794. The Labute approximate surface area is 95.6 Å². The number of rotatable bonds is 3. The molecule has 0 atom stereocenters. The lowest BCUT2D eigenvalue weighted by atomic mass is 10.2. The Bertz CT molecular complexity index is 404. The third-order valence-corrected chi connectivity index (χ3v) is 1.84.